The number of anilines is 1. The third-order valence-corrected chi connectivity index (χ3v) is 6.63. The Bertz CT molecular complexity index is 1330. The van der Waals surface area contributed by atoms with Gasteiger partial charge in [-0.3, -0.25) is 9.59 Å². The minimum absolute atomic E-state index is 0.138. The topological polar surface area (TPSA) is 80.4 Å². The van der Waals surface area contributed by atoms with Crippen LogP contribution in [0.25, 0.3) is 22.8 Å². The Kier molecular flexibility index (Phi) is 5.74. The van der Waals surface area contributed by atoms with E-state index < -0.39 is 0 Å². The molecule has 34 heavy (non-hydrogen) atoms. The SMILES string of the molecule is CCCc1c(/C=C2\C(=O)Nc3ccc(-c4ccc(OC)c(OC)c4)cc32)[nH]c2c1C(=O)CCC2. The van der Waals surface area contributed by atoms with E-state index in [-0.39, 0.29) is 11.7 Å². The largest absolute Gasteiger partial charge is 0.493 e. The number of aromatic nitrogens is 1. The minimum Gasteiger partial charge on any atom is -0.493 e. The lowest BCUT2D eigenvalue weighted by Crippen LogP contribution is -2.11. The predicted octanol–water partition coefficient (Wildman–Crippen LogP) is 5.66. The van der Waals surface area contributed by atoms with Crippen LogP contribution in [0.2, 0.25) is 0 Å². The van der Waals surface area contributed by atoms with Crippen molar-refractivity contribution in [3.8, 4) is 22.6 Å². The van der Waals surface area contributed by atoms with Gasteiger partial charge in [-0.05, 0) is 66.3 Å². The maximum Gasteiger partial charge on any atom is 0.256 e. The summed E-state index contributed by atoms with van der Waals surface area (Å²) in [5, 5.41) is 2.98. The van der Waals surface area contributed by atoms with E-state index in [2.05, 4.69) is 17.2 Å². The standard InChI is InChI=1S/C28H28N2O4/c1-4-6-18-23(29-22-7-5-8-24(31)27(18)22)15-20-19-13-16(9-11-21(19)30-28(20)32)17-10-12-25(33-2)26(14-17)34-3/h9-15,29H,4-8H2,1-3H3,(H,30,32)/b20-15-. The Hall–Kier alpha value is -3.80. The van der Waals surface area contributed by atoms with Crippen LogP contribution < -0.4 is 14.8 Å². The van der Waals surface area contributed by atoms with E-state index in [0.29, 0.717) is 23.5 Å². The highest BCUT2D eigenvalue weighted by molar-refractivity contribution is 6.35. The number of amides is 1. The normalized spacial score (nSPS) is 15.8. The summed E-state index contributed by atoms with van der Waals surface area (Å²) in [6.07, 6.45) is 5.97. The van der Waals surface area contributed by atoms with Crippen molar-refractivity contribution in [2.45, 2.75) is 39.0 Å². The summed E-state index contributed by atoms with van der Waals surface area (Å²) in [6, 6.07) is 11.7. The first-order chi connectivity index (χ1) is 16.5. The Morgan fingerprint density at radius 2 is 1.74 bits per heavy atom. The van der Waals surface area contributed by atoms with Crippen LogP contribution in [-0.4, -0.2) is 30.9 Å². The molecule has 2 N–H and O–H groups in total. The number of ketones is 1. The summed E-state index contributed by atoms with van der Waals surface area (Å²) >= 11 is 0. The first-order valence-electron chi connectivity index (χ1n) is 11.7. The zero-order valence-corrected chi connectivity index (χ0v) is 19.7. The number of methoxy groups -OCH3 is 2. The molecule has 0 fully saturated rings. The van der Waals surface area contributed by atoms with Crippen LogP contribution in [0.1, 0.15) is 59.1 Å². The Labute approximate surface area is 199 Å². The summed E-state index contributed by atoms with van der Waals surface area (Å²) in [5.74, 6) is 1.38. The van der Waals surface area contributed by atoms with Gasteiger partial charge in [0.15, 0.2) is 17.3 Å². The molecule has 0 atom stereocenters. The van der Waals surface area contributed by atoms with Gasteiger partial charge in [0, 0.05) is 34.6 Å². The van der Waals surface area contributed by atoms with Crippen LogP contribution in [-0.2, 0) is 17.6 Å². The number of carbonyl (C=O) groups is 2. The Morgan fingerprint density at radius 3 is 2.50 bits per heavy atom. The van der Waals surface area contributed by atoms with Crippen molar-refractivity contribution in [2.75, 3.05) is 19.5 Å². The van der Waals surface area contributed by atoms with Gasteiger partial charge in [0.25, 0.3) is 5.91 Å². The number of carbonyl (C=O) groups excluding carboxylic acids is 2. The van der Waals surface area contributed by atoms with Crippen molar-refractivity contribution in [1.29, 1.82) is 0 Å². The summed E-state index contributed by atoms with van der Waals surface area (Å²) in [6.45, 7) is 2.11. The van der Waals surface area contributed by atoms with E-state index in [1.165, 1.54) is 0 Å². The highest BCUT2D eigenvalue weighted by atomic mass is 16.5. The predicted molar refractivity (Wildman–Crippen MR) is 134 cm³/mol. The van der Waals surface area contributed by atoms with Crippen molar-refractivity contribution < 1.29 is 19.1 Å². The number of hydrogen-bond donors (Lipinski definition) is 2. The molecule has 0 unspecified atom stereocenters. The number of Topliss-reactive ketones (excluding diaryl/α,β-unsaturated/α-hetero) is 1. The van der Waals surface area contributed by atoms with Crippen molar-refractivity contribution in [1.82, 2.24) is 4.98 Å². The molecule has 0 radical (unpaired) electrons. The molecule has 0 spiro atoms. The van der Waals surface area contributed by atoms with Gasteiger partial charge in [-0.2, -0.15) is 0 Å². The molecule has 6 nitrogen and oxygen atoms in total. The summed E-state index contributed by atoms with van der Waals surface area (Å²) < 4.78 is 10.8. The molecule has 3 aromatic rings. The number of ether oxygens (including phenoxy) is 2. The average molecular weight is 457 g/mol. The number of rotatable bonds is 6. The fraction of sp³-hybridized carbons (Fsp3) is 0.286. The molecule has 1 aliphatic carbocycles. The smallest absolute Gasteiger partial charge is 0.256 e. The number of fused-ring (bicyclic) bond motifs is 2. The molecule has 2 heterocycles. The Balaban J connectivity index is 1.59. The summed E-state index contributed by atoms with van der Waals surface area (Å²) in [5.41, 5.74) is 7.92. The second kappa shape index (κ2) is 8.86. The summed E-state index contributed by atoms with van der Waals surface area (Å²) in [4.78, 5) is 29.1. The number of hydrogen-bond acceptors (Lipinski definition) is 4. The first-order valence-corrected chi connectivity index (χ1v) is 11.7. The number of aryl methyl sites for hydroxylation is 1. The molecule has 1 aliphatic heterocycles. The molecule has 174 valence electrons. The van der Waals surface area contributed by atoms with Crippen LogP contribution in [0.4, 0.5) is 5.69 Å². The lowest BCUT2D eigenvalue weighted by Gasteiger charge is -2.11. The first kappa shape index (κ1) is 22.0. The van der Waals surface area contributed by atoms with E-state index in [4.69, 9.17) is 9.47 Å². The zero-order chi connectivity index (χ0) is 23.8. The van der Waals surface area contributed by atoms with Crippen LogP contribution in [0.15, 0.2) is 36.4 Å². The van der Waals surface area contributed by atoms with E-state index in [1.54, 1.807) is 14.2 Å². The van der Waals surface area contributed by atoms with Crippen molar-refractivity contribution in [3.63, 3.8) is 0 Å². The molecule has 2 aliphatic rings. The van der Waals surface area contributed by atoms with Crippen LogP contribution in [0.3, 0.4) is 0 Å². The lowest BCUT2D eigenvalue weighted by atomic mass is 9.91. The van der Waals surface area contributed by atoms with Crippen molar-refractivity contribution >= 4 is 29.0 Å². The fourth-order valence-corrected chi connectivity index (χ4v) is 5.00. The maximum absolute atomic E-state index is 12.9. The quantitative estimate of drug-likeness (QED) is 0.469. The molecule has 6 heteroatoms. The fourth-order valence-electron chi connectivity index (χ4n) is 5.00. The number of benzene rings is 2. The van der Waals surface area contributed by atoms with Crippen LogP contribution >= 0.6 is 0 Å². The minimum atomic E-state index is -0.138. The second-order valence-corrected chi connectivity index (χ2v) is 8.74. The average Bonchev–Trinajstić information content (AvgIpc) is 3.36. The van der Waals surface area contributed by atoms with E-state index in [9.17, 15) is 9.59 Å². The van der Waals surface area contributed by atoms with Crippen LogP contribution in [0, 0.1) is 0 Å². The number of H-pyrrole nitrogens is 1. The Morgan fingerprint density at radius 1 is 0.971 bits per heavy atom. The summed E-state index contributed by atoms with van der Waals surface area (Å²) in [7, 11) is 3.22. The molecule has 1 amide bonds. The van der Waals surface area contributed by atoms with E-state index >= 15 is 0 Å². The van der Waals surface area contributed by atoms with Gasteiger partial charge in [-0.15, -0.1) is 0 Å². The zero-order valence-electron chi connectivity index (χ0n) is 19.7. The maximum atomic E-state index is 12.9. The number of nitrogens with one attached hydrogen (secondary N) is 2. The lowest BCUT2D eigenvalue weighted by molar-refractivity contribution is -0.110. The third kappa shape index (κ3) is 3.69. The third-order valence-electron chi connectivity index (χ3n) is 6.63. The van der Waals surface area contributed by atoms with E-state index in [0.717, 1.165) is 70.6 Å². The molecule has 0 bridgehead atoms. The second-order valence-electron chi connectivity index (χ2n) is 8.74. The molecular weight excluding hydrogens is 428 g/mol. The van der Waals surface area contributed by atoms with Gasteiger partial charge in [0.2, 0.25) is 0 Å². The molecular formula is C28H28N2O4. The van der Waals surface area contributed by atoms with Crippen molar-refractivity contribution in [2.24, 2.45) is 0 Å². The van der Waals surface area contributed by atoms with Gasteiger partial charge in [-0.25, -0.2) is 0 Å². The molecule has 1 aromatic heterocycles. The highest BCUT2D eigenvalue weighted by Crippen LogP contribution is 2.39. The van der Waals surface area contributed by atoms with E-state index in [1.807, 2.05) is 42.5 Å². The van der Waals surface area contributed by atoms with Gasteiger partial charge >= 0.3 is 0 Å². The molecule has 0 saturated heterocycles. The van der Waals surface area contributed by atoms with Gasteiger partial charge < -0.3 is 19.8 Å². The van der Waals surface area contributed by atoms with Crippen molar-refractivity contribution in [3.05, 3.63) is 64.5 Å². The number of aromatic amines is 1. The van der Waals surface area contributed by atoms with Crippen LogP contribution in [0.5, 0.6) is 11.5 Å². The highest BCUT2D eigenvalue weighted by Gasteiger charge is 2.28. The van der Waals surface area contributed by atoms with Gasteiger partial charge in [-0.1, -0.05) is 25.5 Å². The molecule has 5 rings (SSSR count). The van der Waals surface area contributed by atoms with Gasteiger partial charge in [0.1, 0.15) is 0 Å². The molecule has 2 aromatic carbocycles. The molecule has 0 saturated carbocycles. The van der Waals surface area contributed by atoms with Gasteiger partial charge in [0.05, 0.1) is 19.8 Å². The monoisotopic (exact) mass is 456 g/mol.